The number of H-pyrrole nitrogens is 1. The van der Waals surface area contributed by atoms with E-state index in [4.69, 9.17) is 0 Å². The van der Waals surface area contributed by atoms with Gasteiger partial charge < -0.3 is 10.0 Å². The number of nitro groups is 1. The fourth-order valence-electron chi connectivity index (χ4n) is 3.23. The molecule has 0 amide bonds. The van der Waals surface area contributed by atoms with E-state index in [0.29, 0.717) is 23.0 Å². The van der Waals surface area contributed by atoms with E-state index in [9.17, 15) is 20.0 Å². The van der Waals surface area contributed by atoms with Gasteiger partial charge in [-0.1, -0.05) is 19.8 Å². The predicted octanol–water partition coefficient (Wildman–Crippen LogP) is 3.87. The van der Waals surface area contributed by atoms with E-state index >= 15 is 0 Å². The maximum Gasteiger partial charge on any atom is 0.342 e. The van der Waals surface area contributed by atoms with Gasteiger partial charge in [-0.15, -0.1) is 5.10 Å². The third kappa shape index (κ3) is 5.35. The van der Waals surface area contributed by atoms with E-state index in [0.717, 1.165) is 56.2 Å². The van der Waals surface area contributed by atoms with E-state index in [2.05, 4.69) is 20.1 Å². The van der Waals surface area contributed by atoms with Crippen molar-refractivity contribution in [3.8, 4) is 0 Å². The van der Waals surface area contributed by atoms with Gasteiger partial charge in [0.25, 0.3) is 5.69 Å². The van der Waals surface area contributed by atoms with Gasteiger partial charge in [-0.2, -0.15) is 0 Å². The van der Waals surface area contributed by atoms with Crippen LogP contribution in [0.1, 0.15) is 44.0 Å². The first kappa shape index (κ1) is 20.8. The van der Waals surface area contributed by atoms with Crippen molar-refractivity contribution >= 4 is 35.2 Å². The summed E-state index contributed by atoms with van der Waals surface area (Å²) in [5.41, 5.74) is 1.24. The highest BCUT2D eigenvalue weighted by Crippen LogP contribution is 2.33. The molecule has 0 bridgehead atoms. The van der Waals surface area contributed by atoms with E-state index in [1.807, 2.05) is 6.92 Å². The molecule has 0 saturated carbocycles. The van der Waals surface area contributed by atoms with E-state index < -0.39 is 10.9 Å². The molecule has 0 radical (unpaired) electrons. The SMILES string of the molecule is CCc1nc(S/C(=C/c2cc([N+](=O)[O-])ccc2N2CCCCCC2)C(=O)O)n[nH]1. The number of hydrogen-bond donors (Lipinski definition) is 2. The van der Waals surface area contributed by atoms with Gasteiger partial charge in [0.2, 0.25) is 5.16 Å². The Morgan fingerprint density at radius 2 is 2.07 bits per heavy atom. The van der Waals surface area contributed by atoms with Crippen molar-refractivity contribution < 1.29 is 14.8 Å². The van der Waals surface area contributed by atoms with Crippen LogP contribution >= 0.6 is 11.8 Å². The molecule has 9 nitrogen and oxygen atoms in total. The molecule has 0 atom stereocenters. The number of hydrogen-bond acceptors (Lipinski definition) is 7. The Labute approximate surface area is 172 Å². The van der Waals surface area contributed by atoms with Crippen LogP contribution in [0.5, 0.6) is 0 Å². The van der Waals surface area contributed by atoms with Crippen molar-refractivity contribution in [1.82, 2.24) is 15.2 Å². The second-order valence-corrected chi connectivity index (χ2v) is 7.74. The number of aryl methyl sites for hydroxylation is 1. The number of aliphatic carboxylic acids is 1. The van der Waals surface area contributed by atoms with Crippen LogP contribution in [0, 0.1) is 10.1 Å². The van der Waals surface area contributed by atoms with Crippen LogP contribution in [0.4, 0.5) is 11.4 Å². The summed E-state index contributed by atoms with van der Waals surface area (Å²) in [7, 11) is 0. The fraction of sp³-hybridized carbons (Fsp3) is 0.421. The molecule has 0 unspecified atom stereocenters. The van der Waals surface area contributed by atoms with Crippen molar-refractivity contribution in [3.63, 3.8) is 0 Å². The lowest BCUT2D eigenvalue weighted by atomic mass is 10.1. The highest BCUT2D eigenvalue weighted by molar-refractivity contribution is 8.04. The summed E-state index contributed by atoms with van der Waals surface area (Å²) in [6.45, 7) is 3.60. The Morgan fingerprint density at radius 1 is 1.34 bits per heavy atom. The van der Waals surface area contributed by atoms with Gasteiger partial charge in [-0.05, 0) is 36.7 Å². The van der Waals surface area contributed by atoms with E-state index in [-0.39, 0.29) is 10.6 Å². The lowest BCUT2D eigenvalue weighted by Gasteiger charge is -2.24. The molecular formula is C19H23N5O4S. The van der Waals surface area contributed by atoms with Crippen LogP contribution in [0.25, 0.3) is 6.08 Å². The van der Waals surface area contributed by atoms with E-state index in [1.54, 1.807) is 6.07 Å². The number of rotatable bonds is 7. The molecule has 1 aliphatic rings. The Kier molecular flexibility index (Phi) is 6.86. The Bertz CT molecular complexity index is 919. The molecule has 0 spiro atoms. The monoisotopic (exact) mass is 417 g/mol. The summed E-state index contributed by atoms with van der Waals surface area (Å²) in [6, 6.07) is 4.61. The molecule has 1 aromatic heterocycles. The van der Waals surface area contributed by atoms with Gasteiger partial charge in [-0.3, -0.25) is 15.2 Å². The molecule has 10 heteroatoms. The third-order valence-corrected chi connectivity index (χ3v) is 5.59. The Balaban J connectivity index is 2.00. The maximum atomic E-state index is 11.8. The highest BCUT2D eigenvalue weighted by atomic mass is 32.2. The molecule has 1 aromatic carbocycles. The molecule has 154 valence electrons. The number of benzene rings is 1. The maximum absolute atomic E-state index is 11.8. The first-order chi connectivity index (χ1) is 14.0. The van der Waals surface area contributed by atoms with Crippen molar-refractivity contribution in [2.24, 2.45) is 0 Å². The number of non-ortho nitro benzene ring substituents is 1. The Morgan fingerprint density at radius 3 is 2.66 bits per heavy atom. The molecule has 2 N–H and O–H groups in total. The average Bonchev–Trinajstić information content (AvgIpc) is 2.99. The van der Waals surface area contributed by atoms with Gasteiger partial charge in [-0.25, -0.2) is 9.78 Å². The molecule has 29 heavy (non-hydrogen) atoms. The number of carboxylic acid groups (broad SMARTS) is 1. The second-order valence-electron chi connectivity index (χ2n) is 6.74. The molecule has 1 aliphatic heterocycles. The number of nitro benzene ring substituents is 1. The predicted molar refractivity (Wildman–Crippen MR) is 111 cm³/mol. The minimum atomic E-state index is -1.13. The zero-order valence-corrected chi connectivity index (χ0v) is 16.9. The summed E-state index contributed by atoms with van der Waals surface area (Å²) in [5, 5.41) is 28.0. The quantitative estimate of drug-likeness (QED) is 0.301. The molecular weight excluding hydrogens is 394 g/mol. The summed E-state index contributed by atoms with van der Waals surface area (Å²) in [4.78, 5) is 29.1. The van der Waals surface area contributed by atoms with Gasteiger partial charge in [0.05, 0.1) is 4.92 Å². The topological polar surface area (TPSA) is 125 Å². The molecule has 2 aromatic rings. The van der Waals surface area contributed by atoms with Crippen LogP contribution in [0.15, 0.2) is 28.3 Å². The zero-order valence-electron chi connectivity index (χ0n) is 16.1. The molecule has 1 fully saturated rings. The second kappa shape index (κ2) is 9.55. The van der Waals surface area contributed by atoms with E-state index in [1.165, 1.54) is 18.2 Å². The van der Waals surface area contributed by atoms with Crippen molar-refractivity contribution in [2.75, 3.05) is 18.0 Å². The minimum Gasteiger partial charge on any atom is -0.477 e. The number of carboxylic acids is 1. The highest BCUT2D eigenvalue weighted by Gasteiger charge is 2.19. The third-order valence-electron chi connectivity index (χ3n) is 4.71. The van der Waals surface area contributed by atoms with Crippen molar-refractivity contribution in [2.45, 2.75) is 44.2 Å². The van der Waals surface area contributed by atoms with Crippen LogP contribution in [0.2, 0.25) is 0 Å². The molecule has 1 saturated heterocycles. The number of thioether (sulfide) groups is 1. The van der Waals surface area contributed by atoms with Gasteiger partial charge in [0, 0.05) is 42.9 Å². The average molecular weight is 417 g/mol. The number of carbonyl (C=O) groups is 1. The number of aromatic nitrogens is 3. The molecule has 2 heterocycles. The Hall–Kier alpha value is -2.88. The standard InChI is InChI=1S/C19H23N5O4S/c1-2-17-20-19(22-21-17)29-16(18(25)26)12-13-11-14(24(27)28)7-8-15(13)23-9-5-3-4-6-10-23/h7-8,11-12H,2-6,9-10H2,1H3,(H,25,26)(H,20,21,22)/b16-12+. The summed E-state index contributed by atoms with van der Waals surface area (Å²) >= 11 is 0.921. The summed E-state index contributed by atoms with van der Waals surface area (Å²) in [6.07, 6.45) is 6.51. The number of nitrogens with zero attached hydrogens (tertiary/aromatic N) is 4. The van der Waals surface area contributed by atoms with Gasteiger partial charge in [0.1, 0.15) is 10.7 Å². The first-order valence-corrected chi connectivity index (χ1v) is 10.4. The summed E-state index contributed by atoms with van der Waals surface area (Å²) < 4.78 is 0. The van der Waals surface area contributed by atoms with Crippen LogP contribution < -0.4 is 4.90 Å². The first-order valence-electron chi connectivity index (χ1n) is 9.55. The number of nitrogens with one attached hydrogen (secondary N) is 1. The summed E-state index contributed by atoms with van der Waals surface area (Å²) in [5.74, 6) is -0.469. The molecule has 0 aliphatic carbocycles. The normalized spacial score (nSPS) is 15.2. The van der Waals surface area contributed by atoms with Gasteiger partial charge >= 0.3 is 5.97 Å². The number of aromatic amines is 1. The van der Waals surface area contributed by atoms with Crippen molar-refractivity contribution in [3.05, 3.63) is 44.6 Å². The van der Waals surface area contributed by atoms with Crippen LogP contribution in [-0.4, -0.2) is 44.3 Å². The lowest BCUT2D eigenvalue weighted by Crippen LogP contribution is -2.24. The van der Waals surface area contributed by atoms with Gasteiger partial charge in [0.15, 0.2) is 0 Å². The lowest BCUT2D eigenvalue weighted by molar-refractivity contribution is -0.384. The zero-order chi connectivity index (χ0) is 20.8. The van der Waals surface area contributed by atoms with Crippen molar-refractivity contribution in [1.29, 1.82) is 0 Å². The molecule has 3 rings (SSSR count). The van der Waals surface area contributed by atoms with Crippen LogP contribution in [-0.2, 0) is 11.2 Å². The fourth-order valence-corrected chi connectivity index (χ4v) is 3.94. The minimum absolute atomic E-state index is 0.00298. The largest absolute Gasteiger partial charge is 0.477 e. The van der Waals surface area contributed by atoms with Crippen LogP contribution in [0.3, 0.4) is 0 Å². The smallest absolute Gasteiger partial charge is 0.342 e. The number of anilines is 1.